The molecule has 9 heteroatoms. The molecule has 0 aliphatic heterocycles. The monoisotopic (exact) mass is 616 g/mol. The molecule has 3 aromatic carbocycles. The zero-order valence-electron chi connectivity index (χ0n) is 25.4. The number of carbonyl (C=O) groups excluding carboxylic acids is 1. The third-order valence-electron chi connectivity index (χ3n) is 7.22. The molecule has 1 unspecified atom stereocenters. The fourth-order valence-electron chi connectivity index (χ4n) is 4.62. The number of ether oxygens (including phenoxy) is 1. The molecule has 0 bridgehead atoms. The molecule has 0 N–H and O–H groups in total. The minimum Gasteiger partial charge on any atom is -0.462 e. The van der Waals surface area contributed by atoms with Gasteiger partial charge in [0.05, 0.1) is 28.8 Å². The van der Waals surface area contributed by atoms with Gasteiger partial charge in [-0.15, -0.1) is 0 Å². The number of benzene rings is 3. The topological polar surface area (TPSA) is 104 Å². The number of esters is 1. The second kappa shape index (κ2) is 16.7. The standard InChI is InChI=1S/C35H40N2O6S/c1-3-4-5-6-7-10-28-16-18-30(19-17-28)35(38)41-24-22-32(26-42-44(39,40)33-20-14-27(2)15-21-33)43-37-25-31-12-8-11-29-13-9-23-36-34(29)31/h8-9,11-21,23,25,32H,3-7,10,22,24,26H2,1-2H3/b37-25+. The van der Waals surface area contributed by atoms with Crippen molar-refractivity contribution >= 4 is 33.2 Å². The summed E-state index contributed by atoms with van der Waals surface area (Å²) >= 11 is 0. The second-order valence-corrected chi connectivity index (χ2v) is 12.3. The summed E-state index contributed by atoms with van der Waals surface area (Å²) in [6, 6.07) is 23.4. The maximum Gasteiger partial charge on any atom is 0.338 e. The molecule has 4 aromatic rings. The molecule has 1 aromatic heterocycles. The smallest absolute Gasteiger partial charge is 0.338 e. The Kier molecular flexibility index (Phi) is 12.4. The highest BCUT2D eigenvalue weighted by Crippen LogP contribution is 2.17. The van der Waals surface area contributed by atoms with E-state index in [1.54, 1.807) is 30.5 Å². The second-order valence-electron chi connectivity index (χ2n) is 10.7. The molecule has 1 heterocycles. The van der Waals surface area contributed by atoms with Crippen LogP contribution in [0.15, 0.2) is 95.1 Å². The zero-order valence-corrected chi connectivity index (χ0v) is 26.2. The SMILES string of the molecule is CCCCCCCc1ccc(C(=O)OCCC(COS(=O)(=O)c2ccc(C)cc2)O/N=C/c2cccc3cccnc23)cc1. The van der Waals surface area contributed by atoms with Gasteiger partial charge in [-0.2, -0.15) is 8.42 Å². The van der Waals surface area contributed by atoms with Crippen LogP contribution in [-0.2, 0) is 30.3 Å². The van der Waals surface area contributed by atoms with Crippen molar-refractivity contribution in [2.45, 2.75) is 69.8 Å². The lowest BCUT2D eigenvalue weighted by atomic mass is 10.0. The molecule has 0 spiro atoms. The Morgan fingerprint density at radius 3 is 2.45 bits per heavy atom. The van der Waals surface area contributed by atoms with Crippen molar-refractivity contribution in [1.29, 1.82) is 0 Å². The molecule has 8 nitrogen and oxygen atoms in total. The first kappa shape index (κ1) is 32.8. The van der Waals surface area contributed by atoms with Crippen LogP contribution in [0.1, 0.15) is 72.5 Å². The summed E-state index contributed by atoms with van der Waals surface area (Å²) in [7, 11) is -4.03. The first-order chi connectivity index (χ1) is 21.4. The Balaban J connectivity index is 1.35. The van der Waals surface area contributed by atoms with Gasteiger partial charge in [0.2, 0.25) is 0 Å². The molecular weight excluding hydrogens is 576 g/mol. The van der Waals surface area contributed by atoms with E-state index in [9.17, 15) is 13.2 Å². The lowest BCUT2D eigenvalue weighted by Crippen LogP contribution is -2.23. The van der Waals surface area contributed by atoms with Crippen LogP contribution < -0.4 is 0 Å². The Labute approximate surface area is 260 Å². The summed E-state index contributed by atoms with van der Waals surface area (Å²) in [4.78, 5) is 22.8. The summed E-state index contributed by atoms with van der Waals surface area (Å²) in [5.74, 6) is -0.461. The quantitative estimate of drug-likeness (QED) is 0.0400. The van der Waals surface area contributed by atoms with E-state index in [4.69, 9.17) is 13.8 Å². The van der Waals surface area contributed by atoms with Crippen LogP contribution in [0.2, 0.25) is 0 Å². The van der Waals surface area contributed by atoms with Gasteiger partial charge in [0, 0.05) is 23.6 Å². The van der Waals surface area contributed by atoms with E-state index in [0.29, 0.717) is 5.56 Å². The molecule has 232 valence electrons. The van der Waals surface area contributed by atoms with Crippen molar-refractivity contribution in [3.63, 3.8) is 0 Å². The van der Waals surface area contributed by atoms with Crippen molar-refractivity contribution in [1.82, 2.24) is 4.98 Å². The van der Waals surface area contributed by atoms with E-state index in [2.05, 4.69) is 17.1 Å². The van der Waals surface area contributed by atoms with E-state index in [-0.39, 0.29) is 24.5 Å². The number of rotatable bonds is 17. The average Bonchev–Trinajstić information content (AvgIpc) is 3.04. The Hall–Kier alpha value is -4.08. The molecule has 0 saturated carbocycles. The first-order valence-electron chi connectivity index (χ1n) is 15.1. The van der Waals surface area contributed by atoms with Crippen LogP contribution in [0.4, 0.5) is 0 Å². The molecule has 4 rings (SSSR count). The van der Waals surface area contributed by atoms with Gasteiger partial charge in [-0.25, -0.2) is 4.79 Å². The van der Waals surface area contributed by atoms with Crippen LogP contribution >= 0.6 is 0 Å². The number of aromatic nitrogens is 1. The van der Waals surface area contributed by atoms with Crippen molar-refractivity contribution in [3.05, 3.63) is 107 Å². The molecule has 0 radical (unpaired) electrons. The molecular formula is C35H40N2O6S. The number of fused-ring (bicyclic) bond motifs is 1. The number of hydrogen-bond donors (Lipinski definition) is 0. The van der Waals surface area contributed by atoms with Gasteiger partial charge in [-0.05, 0) is 55.7 Å². The third kappa shape index (κ3) is 9.99. The number of pyridine rings is 1. The highest BCUT2D eigenvalue weighted by Gasteiger charge is 2.20. The zero-order chi connectivity index (χ0) is 31.2. The van der Waals surface area contributed by atoms with E-state index in [1.807, 2.05) is 49.4 Å². The summed E-state index contributed by atoms with van der Waals surface area (Å²) < 4.78 is 36.4. The van der Waals surface area contributed by atoms with Crippen molar-refractivity contribution in [3.8, 4) is 0 Å². The van der Waals surface area contributed by atoms with E-state index in [0.717, 1.165) is 34.9 Å². The minimum absolute atomic E-state index is 0.0119. The fraction of sp³-hybridized carbons (Fsp3) is 0.343. The van der Waals surface area contributed by atoms with Gasteiger partial charge < -0.3 is 9.57 Å². The molecule has 0 fully saturated rings. The lowest BCUT2D eigenvalue weighted by molar-refractivity contribution is 0.00285. The number of carbonyl (C=O) groups is 1. The average molecular weight is 617 g/mol. The first-order valence-corrected chi connectivity index (χ1v) is 16.5. The largest absolute Gasteiger partial charge is 0.462 e. The van der Waals surface area contributed by atoms with Gasteiger partial charge in [0.25, 0.3) is 10.1 Å². The van der Waals surface area contributed by atoms with E-state index < -0.39 is 22.2 Å². The number of oxime groups is 1. The summed E-state index contributed by atoms with van der Waals surface area (Å²) in [5, 5.41) is 5.05. The Morgan fingerprint density at radius 2 is 1.68 bits per heavy atom. The summed E-state index contributed by atoms with van der Waals surface area (Å²) in [5.41, 5.74) is 4.08. The minimum atomic E-state index is -4.03. The molecule has 0 amide bonds. The summed E-state index contributed by atoms with van der Waals surface area (Å²) in [6.45, 7) is 3.75. The maximum atomic E-state index is 12.8. The fourth-order valence-corrected chi connectivity index (χ4v) is 5.55. The number of nitrogens with zero attached hydrogens (tertiary/aromatic N) is 2. The van der Waals surface area contributed by atoms with Crippen molar-refractivity contribution in [2.24, 2.45) is 5.16 Å². The van der Waals surface area contributed by atoms with Gasteiger partial charge in [-0.1, -0.05) is 91.9 Å². The van der Waals surface area contributed by atoms with Crippen LogP contribution in [0.3, 0.4) is 0 Å². The lowest BCUT2D eigenvalue weighted by Gasteiger charge is -2.15. The molecule has 0 saturated heterocycles. The predicted octanol–water partition coefficient (Wildman–Crippen LogP) is 7.43. The van der Waals surface area contributed by atoms with Gasteiger partial charge in [0.15, 0.2) is 6.10 Å². The molecule has 0 aliphatic rings. The predicted molar refractivity (Wildman–Crippen MR) is 172 cm³/mol. The number of hydrogen-bond acceptors (Lipinski definition) is 8. The normalized spacial score (nSPS) is 12.4. The van der Waals surface area contributed by atoms with E-state index in [1.165, 1.54) is 49.6 Å². The molecule has 1 atom stereocenters. The van der Waals surface area contributed by atoms with Crippen molar-refractivity contribution in [2.75, 3.05) is 13.2 Å². The summed E-state index contributed by atoms with van der Waals surface area (Å²) in [6.07, 6.45) is 9.63. The van der Waals surface area contributed by atoms with Crippen LogP contribution in [0.25, 0.3) is 10.9 Å². The molecule has 0 aliphatic carbocycles. The molecule has 44 heavy (non-hydrogen) atoms. The highest BCUT2D eigenvalue weighted by molar-refractivity contribution is 7.86. The Bertz CT molecular complexity index is 1610. The number of para-hydroxylation sites is 1. The van der Waals surface area contributed by atoms with Gasteiger partial charge >= 0.3 is 5.97 Å². The Morgan fingerprint density at radius 1 is 0.932 bits per heavy atom. The van der Waals surface area contributed by atoms with Crippen LogP contribution in [0.5, 0.6) is 0 Å². The number of aryl methyl sites for hydroxylation is 2. The third-order valence-corrected chi connectivity index (χ3v) is 8.51. The maximum absolute atomic E-state index is 12.8. The number of unbranched alkanes of at least 4 members (excludes halogenated alkanes) is 4. The van der Waals surface area contributed by atoms with E-state index >= 15 is 0 Å². The van der Waals surface area contributed by atoms with Gasteiger partial charge in [0.1, 0.15) is 6.61 Å². The van der Waals surface area contributed by atoms with Crippen LogP contribution in [0, 0.1) is 6.92 Å². The van der Waals surface area contributed by atoms with Crippen molar-refractivity contribution < 1.29 is 27.0 Å². The van der Waals surface area contributed by atoms with Gasteiger partial charge in [-0.3, -0.25) is 9.17 Å². The van der Waals surface area contributed by atoms with Crippen LogP contribution in [-0.4, -0.2) is 44.9 Å². The highest BCUT2D eigenvalue weighted by atomic mass is 32.2.